The molecule has 4 heteroatoms. The van der Waals surface area contributed by atoms with Gasteiger partial charge in [0.25, 0.3) is 0 Å². The summed E-state index contributed by atoms with van der Waals surface area (Å²) in [5, 5.41) is 8.30. The van der Waals surface area contributed by atoms with Gasteiger partial charge in [-0.1, -0.05) is 0 Å². The van der Waals surface area contributed by atoms with E-state index in [0.717, 1.165) is 12.8 Å². The van der Waals surface area contributed by atoms with Crippen LogP contribution < -0.4 is 0 Å². The molecule has 3 nitrogen and oxygen atoms in total. The lowest BCUT2D eigenvalue weighted by Gasteiger charge is -1.97. The zero-order valence-corrected chi connectivity index (χ0v) is 6.60. The maximum absolute atomic E-state index is 11.0. The minimum Gasteiger partial charge on any atom is -0.396 e. The van der Waals surface area contributed by atoms with Gasteiger partial charge in [-0.05, 0) is 19.3 Å². The van der Waals surface area contributed by atoms with Crippen molar-refractivity contribution >= 4 is 9.84 Å². The van der Waals surface area contributed by atoms with Crippen LogP contribution in [0.15, 0.2) is 0 Å². The van der Waals surface area contributed by atoms with Crippen molar-refractivity contribution in [3.63, 3.8) is 0 Å². The van der Waals surface area contributed by atoms with Crippen molar-refractivity contribution in [3.05, 3.63) is 0 Å². The molecule has 0 aromatic heterocycles. The average Bonchev–Trinajstić information content (AvgIpc) is 2.64. The summed E-state index contributed by atoms with van der Waals surface area (Å²) in [6, 6.07) is 0. The summed E-state index contributed by atoms with van der Waals surface area (Å²) in [6.45, 7) is -0.0219. The van der Waals surface area contributed by atoms with Gasteiger partial charge >= 0.3 is 0 Å². The van der Waals surface area contributed by atoms with Crippen molar-refractivity contribution < 1.29 is 13.5 Å². The van der Waals surface area contributed by atoms with Gasteiger partial charge in [0.15, 0.2) is 9.84 Å². The molecule has 1 N–H and O–H groups in total. The summed E-state index contributed by atoms with van der Waals surface area (Å²) in [5.41, 5.74) is 0. The molecule has 60 valence electrons. The number of aliphatic hydroxyl groups is 1. The number of aliphatic hydroxyl groups excluding tert-OH is 1. The Labute approximate surface area is 61.0 Å². The van der Waals surface area contributed by atoms with E-state index < -0.39 is 9.84 Å². The molecule has 0 aromatic carbocycles. The fourth-order valence-electron chi connectivity index (χ4n) is 0.860. The monoisotopic (exact) mass is 164 g/mol. The van der Waals surface area contributed by atoms with Gasteiger partial charge < -0.3 is 5.11 Å². The highest BCUT2D eigenvalue weighted by atomic mass is 32.2. The molecule has 0 unspecified atom stereocenters. The van der Waals surface area contributed by atoms with Gasteiger partial charge in [0, 0.05) is 6.61 Å². The fourth-order valence-corrected chi connectivity index (χ4v) is 2.58. The minimum atomic E-state index is -2.81. The van der Waals surface area contributed by atoms with Crippen molar-refractivity contribution in [1.82, 2.24) is 0 Å². The first-order chi connectivity index (χ1) is 4.67. The van der Waals surface area contributed by atoms with Crippen LogP contribution in [0.5, 0.6) is 0 Å². The summed E-state index contributed by atoms with van der Waals surface area (Å²) in [7, 11) is -2.81. The largest absolute Gasteiger partial charge is 0.396 e. The van der Waals surface area contributed by atoms with E-state index in [2.05, 4.69) is 0 Å². The highest BCUT2D eigenvalue weighted by Crippen LogP contribution is 2.29. The second-order valence-corrected chi connectivity index (χ2v) is 5.04. The molecular formula is C6H12O3S. The van der Waals surface area contributed by atoms with Crippen LogP contribution in [0.3, 0.4) is 0 Å². The molecule has 0 amide bonds. The Morgan fingerprint density at radius 2 is 2.00 bits per heavy atom. The molecule has 0 atom stereocenters. The van der Waals surface area contributed by atoms with E-state index in [9.17, 15) is 8.42 Å². The lowest BCUT2D eigenvalue weighted by Crippen LogP contribution is -2.12. The maximum Gasteiger partial charge on any atom is 0.153 e. The predicted octanol–water partition coefficient (Wildman–Crippen LogP) is -0.0540. The van der Waals surface area contributed by atoms with Crippen LogP contribution in [0.25, 0.3) is 0 Å². The summed E-state index contributed by atoms with van der Waals surface area (Å²) < 4.78 is 22.1. The summed E-state index contributed by atoms with van der Waals surface area (Å²) >= 11 is 0. The second kappa shape index (κ2) is 2.88. The molecule has 1 rings (SSSR count). The number of rotatable bonds is 4. The highest BCUT2D eigenvalue weighted by molar-refractivity contribution is 7.92. The summed E-state index contributed by atoms with van der Waals surface area (Å²) in [6.07, 6.45) is 2.04. The van der Waals surface area contributed by atoms with Crippen LogP contribution in [-0.4, -0.2) is 31.1 Å². The molecule has 0 heterocycles. The second-order valence-electron chi connectivity index (χ2n) is 2.64. The van der Waals surface area contributed by atoms with Crippen LogP contribution in [0.2, 0.25) is 0 Å². The molecule has 1 aliphatic rings. The molecule has 0 spiro atoms. The molecule has 1 fully saturated rings. The Hall–Kier alpha value is -0.0900. The van der Waals surface area contributed by atoms with Crippen molar-refractivity contribution in [3.8, 4) is 0 Å². The Bertz CT molecular complexity index is 191. The van der Waals surface area contributed by atoms with Gasteiger partial charge in [-0.3, -0.25) is 0 Å². The van der Waals surface area contributed by atoms with Crippen molar-refractivity contribution in [1.29, 1.82) is 0 Å². The van der Waals surface area contributed by atoms with Gasteiger partial charge in [0.2, 0.25) is 0 Å². The lowest BCUT2D eigenvalue weighted by molar-refractivity contribution is 0.295. The maximum atomic E-state index is 11.0. The first kappa shape index (κ1) is 8.01. The number of hydrogen-bond donors (Lipinski definition) is 1. The first-order valence-corrected chi connectivity index (χ1v) is 5.21. The van der Waals surface area contributed by atoms with Crippen LogP contribution in [0.4, 0.5) is 0 Å². The van der Waals surface area contributed by atoms with E-state index >= 15 is 0 Å². The smallest absolute Gasteiger partial charge is 0.153 e. The molecular weight excluding hydrogens is 152 g/mol. The fraction of sp³-hybridized carbons (Fsp3) is 1.00. The zero-order chi connectivity index (χ0) is 7.61. The van der Waals surface area contributed by atoms with E-state index in [1.807, 2.05) is 0 Å². The van der Waals surface area contributed by atoms with E-state index in [4.69, 9.17) is 5.11 Å². The van der Waals surface area contributed by atoms with Crippen molar-refractivity contribution in [2.24, 2.45) is 0 Å². The van der Waals surface area contributed by atoms with Crippen LogP contribution in [0.1, 0.15) is 19.3 Å². The molecule has 0 bridgehead atoms. The molecule has 0 saturated heterocycles. The Balaban J connectivity index is 2.36. The van der Waals surface area contributed by atoms with Crippen LogP contribution >= 0.6 is 0 Å². The minimum absolute atomic E-state index is 0.0219. The van der Waals surface area contributed by atoms with Gasteiger partial charge in [0.1, 0.15) is 0 Å². The molecule has 0 radical (unpaired) electrons. The van der Waals surface area contributed by atoms with Gasteiger partial charge in [-0.25, -0.2) is 8.42 Å². The normalized spacial score (nSPS) is 19.3. The first-order valence-electron chi connectivity index (χ1n) is 3.49. The van der Waals surface area contributed by atoms with Gasteiger partial charge in [-0.2, -0.15) is 0 Å². The molecule has 0 aliphatic heterocycles. The van der Waals surface area contributed by atoms with E-state index in [0.29, 0.717) is 6.42 Å². The Kier molecular flexibility index (Phi) is 2.31. The third-order valence-electron chi connectivity index (χ3n) is 1.62. The third-order valence-corrected chi connectivity index (χ3v) is 3.96. The highest BCUT2D eigenvalue weighted by Gasteiger charge is 2.34. The van der Waals surface area contributed by atoms with Crippen molar-refractivity contribution in [2.45, 2.75) is 24.5 Å². The zero-order valence-electron chi connectivity index (χ0n) is 5.78. The number of hydrogen-bond acceptors (Lipinski definition) is 3. The number of sulfone groups is 1. The van der Waals surface area contributed by atoms with Crippen molar-refractivity contribution in [2.75, 3.05) is 12.4 Å². The quantitative estimate of drug-likeness (QED) is 0.633. The third kappa shape index (κ3) is 1.95. The van der Waals surface area contributed by atoms with Gasteiger partial charge in [-0.15, -0.1) is 0 Å². The SMILES string of the molecule is O=S(=O)(CCCO)C1CC1. The standard InChI is InChI=1S/C6H12O3S/c7-4-1-5-10(8,9)6-2-3-6/h6-7H,1-5H2. The van der Waals surface area contributed by atoms with Gasteiger partial charge in [0.05, 0.1) is 11.0 Å². The average molecular weight is 164 g/mol. The summed E-state index contributed by atoms with van der Waals surface area (Å²) in [5.74, 6) is 0.161. The molecule has 0 aromatic rings. The predicted molar refractivity (Wildman–Crippen MR) is 38.5 cm³/mol. The molecule has 10 heavy (non-hydrogen) atoms. The van der Waals surface area contributed by atoms with E-state index in [1.54, 1.807) is 0 Å². The molecule has 1 aliphatic carbocycles. The van der Waals surface area contributed by atoms with E-state index in [1.165, 1.54) is 0 Å². The van der Waals surface area contributed by atoms with Crippen LogP contribution in [-0.2, 0) is 9.84 Å². The Morgan fingerprint density at radius 1 is 1.40 bits per heavy atom. The summed E-state index contributed by atoms with van der Waals surface area (Å²) in [4.78, 5) is 0. The molecule has 1 saturated carbocycles. The lowest BCUT2D eigenvalue weighted by atomic mass is 10.5. The van der Waals surface area contributed by atoms with Crippen LogP contribution in [0, 0.1) is 0 Å². The Morgan fingerprint density at radius 3 is 2.40 bits per heavy atom. The van der Waals surface area contributed by atoms with E-state index in [-0.39, 0.29) is 17.6 Å². The topological polar surface area (TPSA) is 54.4 Å².